The molecule has 0 fully saturated rings. The first-order chi connectivity index (χ1) is 7.84. The van der Waals surface area contributed by atoms with E-state index >= 15 is 0 Å². The molecule has 0 radical (unpaired) electrons. The Balaban J connectivity index is 4.76. The summed E-state index contributed by atoms with van der Waals surface area (Å²) in [7, 11) is 0. The number of aliphatic carboxylic acids is 1. The van der Waals surface area contributed by atoms with Crippen LogP contribution in [0.25, 0.3) is 0 Å². The number of carbonyl (C=O) groups excluding carboxylic acids is 1. The fourth-order valence-electron chi connectivity index (χ4n) is 1.00. The topological polar surface area (TPSA) is 145 Å². The summed E-state index contributed by atoms with van der Waals surface area (Å²) in [6, 6.07) is 0. The number of aliphatic hydroxyl groups is 4. The summed E-state index contributed by atoms with van der Waals surface area (Å²) in [4.78, 5) is 21.9. The maximum absolute atomic E-state index is 11.4. The first kappa shape index (κ1) is 15.9. The monoisotopic (exact) mass is 252 g/mol. The van der Waals surface area contributed by atoms with Crippen molar-refractivity contribution in [3.63, 3.8) is 0 Å². The van der Waals surface area contributed by atoms with Crippen molar-refractivity contribution in [2.45, 2.75) is 31.3 Å². The van der Waals surface area contributed by atoms with Crippen molar-refractivity contribution in [3.8, 4) is 0 Å². The summed E-state index contributed by atoms with van der Waals surface area (Å²) in [5.41, 5.74) is 0. The molecular weight excluding hydrogens is 236 g/mol. The Morgan fingerprint density at radius 3 is 2.06 bits per heavy atom. The number of Topliss-reactive ketones (excluding diaryl/α,β-unsaturated/α-hetero) is 1. The Morgan fingerprint density at radius 1 is 1.18 bits per heavy atom. The molecular formula is C9H16O8. The van der Waals surface area contributed by atoms with E-state index in [-0.39, 0.29) is 0 Å². The fraction of sp³-hybridized carbons (Fsp3) is 0.778. The molecule has 0 amide bonds. The van der Waals surface area contributed by atoms with Crippen LogP contribution >= 0.6 is 0 Å². The lowest BCUT2D eigenvalue weighted by Gasteiger charge is -2.24. The molecule has 0 rings (SSSR count). The number of ketones is 1. The molecule has 8 nitrogen and oxygen atoms in total. The third-order valence-electron chi connectivity index (χ3n) is 2.02. The Kier molecular flexibility index (Phi) is 6.85. The van der Waals surface area contributed by atoms with Gasteiger partial charge in [0.1, 0.15) is 18.3 Å². The van der Waals surface area contributed by atoms with Crippen LogP contribution in [0, 0.1) is 0 Å². The van der Waals surface area contributed by atoms with E-state index in [2.05, 4.69) is 0 Å². The molecule has 0 spiro atoms. The van der Waals surface area contributed by atoms with E-state index in [1.165, 1.54) is 0 Å². The van der Waals surface area contributed by atoms with Crippen molar-refractivity contribution in [2.24, 2.45) is 0 Å². The largest absolute Gasteiger partial charge is 0.479 e. The zero-order valence-electron chi connectivity index (χ0n) is 9.18. The molecule has 1 unspecified atom stereocenters. The van der Waals surface area contributed by atoms with Gasteiger partial charge in [0.15, 0.2) is 11.9 Å². The van der Waals surface area contributed by atoms with Crippen LogP contribution in [0.4, 0.5) is 0 Å². The molecule has 0 saturated carbocycles. The normalized spacial score (nSPS) is 18.2. The van der Waals surface area contributed by atoms with Gasteiger partial charge in [-0.05, 0) is 6.92 Å². The highest BCUT2D eigenvalue weighted by Crippen LogP contribution is 2.08. The van der Waals surface area contributed by atoms with Crippen LogP contribution < -0.4 is 0 Å². The molecule has 100 valence electrons. The Bertz CT molecular complexity index is 266. The number of carboxylic acid groups (broad SMARTS) is 1. The van der Waals surface area contributed by atoms with Crippen molar-refractivity contribution in [3.05, 3.63) is 0 Å². The van der Waals surface area contributed by atoms with Gasteiger partial charge >= 0.3 is 5.97 Å². The minimum atomic E-state index is -1.80. The summed E-state index contributed by atoms with van der Waals surface area (Å²) in [5, 5.41) is 44.2. The highest BCUT2D eigenvalue weighted by atomic mass is 16.5. The SMILES string of the molecule is CC(O[C@@H](C(=O)[C@@H](O)CO)[C@H](O)CO)C(=O)O. The molecule has 0 aromatic carbocycles. The summed E-state index contributed by atoms with van der Waals surface area (Å²) >= 11 is 0. The molecule has 0 aliphatic rings. The van der Waals surface area contributed by atoms with Crippen molar-refractivity contribution < 1.29 is 39.9 Å². The number of carboxylic acids is 1. The molecule has 0 saturated heterocycles. The van der Waals surface area contributed by atoms with Crippen LogP contribution in [0.3, 0.4) is 0 Å². The lowest BCUT2D eigenvalue weighted by molar-refractivity contribution is -0.168. The van der Waals surface area contributed by atoms with Crippen molar-refractivity contribution >= 4 is 11.8 Å². The fourth-order valence-corrected chi connectivity index (χ4v) is 1.00. The number of ether oxygens (including phenoxy) is 1. The van der Waals surface area contributed by atoms with E-state index in [0.717, 1.165) is 6.92 Å². The number of hydrogen-bond acceptors (Lipinski definition) is 7. The van der Waals surface area contributed by atoms with Gasteiger partial charge < -0.3 is 30.3 Å². The second kappa shape index (κ2) is 7.30. The predicted molar refractivity (Wildman–Crippen MR) is 53.2 cm³/mol. The van der Waals surface area contributed by atoms with Crippen LogP contribution in [-0.4, -0.2) is 74.9 Å². The van der Waals surface area contributed by atoms with Gasteiger partial charge in [0, 0.05) is 0 Å². The summed E-state index contributed by atoms with van der Waals surface area (Å²) in [6.07, 6.45) is -6.60. The lowest BCUT2D eigenvalue weighted by Crippen LogP contribution is -2.47. The van der Waals surface area contributed by atoms with Crippen molar-refractivity contribution in [1.29, 1.82) is 0 Å². The van der Waals surface area contributed by atoms with Gasteiger partial charge in [-0.3, -0.25) is 4.79 Å². The molecule has 0 aliphatic heterocycles. The van der Waals surface area contributed by atoms with Crippen molar-refractivity contribution in [2.75, 3.05) is 13.2 Å². The van der Waals surface area contributed by atoms with Crippen LogP contribution in [-0.2, 0) is 14.3 Å². The standard InChI is InChI=1S/C9H16O8/c1-4(9(15)16)17-8(6(13)3-11)7(14)5(12)2-10/h4-6,8,10-13H,2-3H2,1H3,(H,15,16)/t4?,5-,6+,8+/m0/s1. The Hall–Kier alpha value is -1.06. The highest BCUT2D eigenvalue weighted by Gasteiger charge is 2.34. The summed E-state index contributed by atoms with van der Waals surface area (Å²) < 4.78 is 4.72. The van der Waals surface area contributed by atoms with E-state index in [1.54, 1.807) is 0 Å². The molecule has 17 heavy (non-hydrogen) atoms. The predicted octanol–water partition coefficient (Wildman–Crippen LogP) is -2.88. The van der Waals surface area contributed by atoms with Gasteiger partial charge in [0.2, 0.25) is 0 Å². The number of carbonyl (C=O) groups is 2. The minimum absolute atomic E-state index is 0.846. The van der Waals surface area contributed by atoms with Crippen LogP contribution in [0.15, 0.2) is 0 Å². The third kappa shape index (κ3) is 4.75. The van der Waals surface area contributed by atoms with E-state index < -0.39 is 49.4 Å². The average molecular weight is 252 g/mol. The highest BCUT2D eigenvalue weighted by molar-refractivity contribution is 5.88. The first-order valence-corrected chi connectivity index (χ1v) is 4.85. The van der Waals surface area contributed by atoms with E-state index in [9.17, 15) is 14.7 Å². The zero-order valence-corrected chi connectivity index (χ0v) is 9.18. The molecule has 0 aliphatic carbocycles. The van der Waals surface area contributed by atoms with Crippen LogP contribution in [0.1, 0.15) is 6.92 Å². The Morgan fingerprint density at radius 2 is 1.71 bits per heavy atom. The average Bonchev–Trinajstić information content (AvgIpc) is 2.32. The zero-order chi connectivity index (χ0) is 13.6. The molecule has 4 atom stereocenters. The summed E-state index contributed by atoms with van der Waals surface area (Å²) in [6.45, 7) is -0.614. The molecule has 0 heterocycles. The van der Waals surface area contributed by atoms with Crippen LogP contribution in [0.2, 0.25) is 0 Å². The van der Waals surface area contributed by atoms with E-state index in [0.29, 0.717) is 0 Å². The van der Waals surface area contributed by atoms with Gasteiger partial charge in [-0.1, -0.05) is 0 Å². The molecule has 0 bridgehead atoms. The molecule has 0 aromatic rings. The lowest BCUT2D eigenvalue weighted by atomic mass is 10.1. The van der Waals surface area contributed by atoms with Gasteiger partial charge in [0.05, 0.1) is 13.2 Å². The molecule has 5 N–H and O–H groups in total. The minimum Gasteiger partial charge on any atom is -0.479 e. The molecule has 8 heteroatoms. The van der Waals surface area contributed by atoms with Crippen molar-refractivity contribution in [1.82, 2.24) is 0 Å². The second-order valence-corrected chi connectivity index (χ2v) is 3.39. The first-order valence-electron chi connectivity index (χ1n) is 4.85. The van der Waals surface area contributed by atoms with Gasteiger partial charge in [-0.2, -0.15) is 0 Å². The van der Waals surface area contributed by atoms with E-state index in [4.69, 9.17) is 25.2 Å². The molecule has 0 aromatic heterocycles. The maximum Gasteiger partial charge on any atom is 0.332 e. The number of rotatable bonds is 8. The maximum atomic E-state index is 11.4. The number of hydrogen-bond donors (Lipinski definition) is 5. The quantitative estimate of drug-likeness (QED) is 0.310. The van der Waals surface area contributed by atoms with E-state index in [1.807, 2.05) is 0 Å². The van der Waals surface area contributed by atoms with Crippen LogP contribution in [0.5, 0.6) is 0 Å². The second-order valence-electron chi connectivity index (χ2n) is 3.39. The third-order valence-corrected chi connectivity index (χ3v) is 2.02. The smallest absolute Gasteiger partial charge is 0.332 e. The number of aliphatic hydroxyl groups excluding tert-OH is 4. The Labute approximate surface area is 97.1 Å². The summed E-state index contributed by atoms with van der Waals surface area (Å²) in [5.74, 6) is -2.46. The van der Waals surface area contributed by atoms with Gasteiger partial charge in [-0.15, -0.1) is 0 Å². The van der Waals surface area contributed by atoms with Gasteiger partial charge in [0.25, 0.3) is 0 Å². The van der Waals surface area contributed by atoms with Gasteiger partial charge in [-0.25, -0.2) is 4.79 Å².